The molecule has 0 bridgehead atoms. The number of fused-ring (bicyclic) bond motifs is 2. The number of ether oxygens (including phenoxy) is 1. The first kappa shape index (κ1) is 21.8. The molecule has 0 saturated carbocycles. The first-order valence-corrected chi connectivity index (χ1v) is 13.4. The number of hydrogen-bond donors (Lipinski definition) is 0. The Kier molecular flexibility index (Phi) is 5.96. The van der Waals surface area contributed by atoms with Gasteiger partial charge in [-0.25, -0.2) is 9.97 Å². The molecule has 0 radical (unpaired) electrons. The maximum atomic E-state index is 13.6. The van der Waals surface area contributed by atoms with Crippen LogP contribution in [0.4, 0.5) is 0 Å². The molecule has 10 heteroatoms. The second-order valence-electron chi connectivity index (χ2n) is 7.99. The van der Waals surface area contributed by atoms with Gasteiger partial charge in [-0.15, -0.1) is 22.7 Å². The molecule has 1 aliphatic heterocycles. The highest BCUT2D eigenvalue weighted by molar-refractivity contribution is 7.98. The van der Waals surface area contributed by atoms with Crippen molar-refractivity contribution in [3.8, 4) is 0 Å². The Balaban J connectivity index is 1.54. The minimum absolute atomic E-state index is 0.00608. The highest BCUT2D eigenvalue weighted by atomic mass is 32.2. The summed E-state index contributed by atoms with van der Waals surface area (Å²) < 4.78 is 9.22. The highest BCUT2D eigenvalue weighted by Crippen LogP contribution is 2.31. The van der Waals surface area contributed by atoms with Gasteiger partial charge in [-0.2, -0.15) is 0 Å². The minimum Gasteiger partial charge on any atom is -0.376 e. The molecular weight excluding hydrogens is 464 g/mol. The lowest BCUT2D eigenvalue weighted by molar-refractivity contribution is 0.0937. The van der Waals surface area contributed by atoms with E-state index in [1.165, 1.54) is 23.1 Å². The van der Waals surface area contributed by atoms with Crippen LogP contribution in [0.15, 0.2) is 26.2 Å². The van der Waals surface area contributed by atoms with Crippen molar-refractivity contribution in [3.05, 3.63) is 54.0 Å². The minimum atomic E-state index is -0.0778. The van der Waals surface area contributed by atoms with Gasteiger partial charge in [-0.1, -0.05) is 18.7 Å². The van der Waals surface area contributed by atoms with Gasteiger partial charge in [-0.05, 0) is 38.7 Å². The van der Waals surface area contributed by atoms with Crippen LogP contribution < -0.4 is 11.1 Å². The van der Waals surface area contributed by atoms with E-state index in [2.05, 4.69) is 18.8 Å². The van der Waals surface area contributed by atoms with Gasteiger partial charge >= 0.3 is 0 Å². The van der Waals surface area contributed by atoms with Gasteiger partial charge in [0.05, 0.1) is 23.7 Å². The Hall–Kier alpha value is -2.01. The van der Waals surface area contributed by atoms with E-state index in [4.69, 9.17) is 9.72 Å². The van der Waals surface area contributed by atoms with Crippen molar-refractivity contribution in [2.75, 3.05) is 6.61 Å². The Morgan fingerprint density at radius 3 is 2.88 bits per heavy atom. The van der Waals surface area contributed by atoms with Crippen molar-refractivity contribution >= 4 is 49.6 Å². The van der Waals surface area contributed by atoms with Gasteiger partial charge in [0.1, 0.15) is 4.83 Å². The van der Waals surface area contributed by atoms with Crippen LogP contribution in [-0.2, 0) is 23.5 Å². The third-order valence-corrected chi connectivity index (χ3v) is 8.81. The van der Waals surface area contributed by atoms with Gasteiger partial charge in [0.25, 0.3) is 11.1 Å². The quantitative estimate of drug-likeness (QED) is 0.299. The van der Waals surface area contributed by atoms with Crippen molar-refractivity contribution < 1.29 is 4.74 Å². The lowest BCUT2D eigenvalue weighted by atomic mass is 10.1. The molecule has 0 spiro atoms. The Bertz CT molecular complexity index is 1430. The fourth-order valence-electron chi connectivity index (χ4n) is 4.23. The molecule has 1 fully saturated rings. The van der Waals surface area contributed by atoms with Crippen LogP contribution >= 0.6 is 34.4 Å². The van der Waals surface area contributed by atoms with Crippen LogP contribution in [0.2, 0.25) is 0 Å². The summed E-state index contributed by atoms with van der Waals surface area (Å²) in [6, 6.07) is 1.57. The molecule has 1 aliphatic rings. The maximum absolute atomic E-state index is 13.6. The Labute approximate surface area is 197 Å². The molecule has 4 aromatic heterocycles. The molecule has 168 valence electrons. The summed E-state index contributed by atoms with van der Waals surface area (Å²) in [5.41, 5.74) is 2.60. The summed E-state index contributed by atoms with van der Waals surface area (Å²) in [6.45, 7) is 7.27. The Morgan fingerprint density at radius 1 is 1.28 bits per heavy atom. The second-order valence-corrected chi connectivity index (χ2v) is 11.0. The number of thiophene rings is 1. The number of thioether (sulfide) groups is 1. The number of hydrogen-bond acceptors (Lipinski definition) is 8. The molecule has 5 heterocycles. The maximum Gasteiger partial charge on any atom is 0.263 e. The molecule has 7 nitrogen and oxygen atoms in total. The van der Waals surface area contributed by atoms with Crippen molar-refractivity contribution in [2.24, 2.45) is 0 Å². The largest absolute Gasteiger partial charge is 0.376 e. The topological polar surface area (TPSA) is 78.5 Å². The van der Waals surface area contributed by atoms with E-state index >= 15 is 0 Å². The van der Waals surface area contributed by atoms with E-state index in [9.17, 15) is 9.59 Å². The van der Waals surface area contributed by atoms with E-state index in [0.717, 1.165) is 52.2 Å². The molecule has 5 rings (SSSR count). The van der Waals surface area contributed by atoms with Crippen LogP contribution in [0.1, 0.15) is 41.6 Å². The van der Waals surface area contributed by atoms with Crippen LogP contribution in [0.3, 0.4) is 0 Å². The first-order chi connectivity index (χ1) is 15.5. The van der Waals surface area contributed by atoms with E-state index in [0.29, 0.717) is 28.1 Å². The van der Waals surface area contributed by atoms with Crippen LogP contribution in [0.5, 0.6) is 0 Å². The number of thiazole rings is 1. The van der Waals surface area contributed by atoms with Crippen molar-refractivity contribution in [2.45, 2.75) is 63.6 Å². The predicted octanol–water partition coefficient (Wildman–Crippen LogP) is 4.18. The van der Waals surface area contributed by atoms with Gasteiger partial charge in [-0.3, -0.25) is 18.6 Å². The molecule has 0 aromatic carbocycles. The standard InChI is InChI=1S/C22H24N4O3S3/c1-4-16-13(3)32-19-18(16)20(28)25(9-15-6-5-7-29-15)21(24-19)31-11-14-8-17(27)26-12(2)10-30-22(26)23-14/h8,10,15H,4-7,9,11H2,1-3H3. The molecule has 1 unspecified atom stereocenters. The monoisotopic (exact) mass is 488 g/mol. The number of aromatic nitrogens is 4. The zero-order valence-electron chi connectivity index (χ0n) is 18.2. The summed E-state index contributed by atoms with van der Waals surface area (Å²) in [5.74, 6) is 0.469. The van der Waals surface area contributed by atoms with Crippen molar-refractivity contribution in [1.29, 1.82) is 0 Å². The molecule has 0 aliphatic carbocycles. The average molecular weight is 489 g/mol. The van der Waals surface area contributed by atoms with Crippen LogP contribution in [0, 0.1) is 13.8 Å². The van der Waals surface area contributed by atoms with E-state index in [-0.39, 0.29) is 17.2 Å². The SMILES string of the molecule is CCc1c(C)sc2nc(SCc3cc(=O)n4c(C)csc4n3)n(CC3CCCO3)c(=O)c12. The first-order valence-electron chi connectivity index (χ1n) is 10.7. The molecule has 0 N–H and O–H groups in total. The van der Waals surface area contributed by atoms with Crippen LogP contribution in [-0.4, -0.2) is 31.6 Å². The van der Waals surface area contributed by atoms with Gasteiger partial charge < -0.3 is 4.74 Å². The third-order valence-electron chi connectivity index (χ3n) is 5.82. The molecule has 32 heavy (non-hydrogen) atoms. The van der Waals surface area contributed by atoms with Gasteiger partial charge in [0.15, 0.2) is 10.1 Å². The molecule has 1 atom stereocenters. The molecular formula is C22H24N4O3S3. The predicted molar refractivity (Wildman–Crippen MR) is 131 cm³/mol. The number of rotatable bonds is 6. The summed E-state index contributed by atoms with van der Waals surface area (Å²) in [4.78, 5) is 38.2. The summed E-state index contributed by atoms with van der Waals surface area (Å²) in [7, 11) is 0. The fourth-order valence-corrected chi connectivity index (χ4v) is 7.18. The van der Waals surface area contributed by atoms with E-state index in [1.54, 1.807) is 26.4 Å². The van der Waals surface area contributed by atoms with Crippen molar-refractivity contribution in [1.82, 2.24) is 18.9 Å². The smallest absolute Gasteiger partial charge is 0.263 e. The summed E-state index contributed by atoms with van der Waals surface area (Å²) >= 11 is 4.49. The van der Waals surface area contributed by atoms with Crippen molar-refractivity contribution in [3.63, 3.8) is 0 Å². The third kappa shape index (κ3) is 3.83. The second kappa shape index (κ2) is 8.74. The summed E-state index contributed by atoms with van der Waals surface area (Å²) in [5, 5.41) is 3.33. The zero-order valence-corrected chi connectivity index (χ0v) is 20.7. The lowest BCUT2D eigenvalue weighted by Gasteiger charge is -2.16. The zero-order chi connectivity index (χ0) is 22.4. The summed E-state index contributed by atoms with van der Waals surface area (Å²) in [6.07, 6.45) is 2.81. The fraction of sp³-hybridized carbons (Fsp3) is 0.455. The average Bonchev–Trinajstić information content (AvgIpc) is 3.48. The lowest BCUT2D eigenvalue weighted by Crippen LogP contribution is -2.29. The highest BCUT2D eigenvalue weighted by Gasteiger charge is 2.23. The van der Waals surface area contributed by atoms with Gasteiger partial charge in [0.2, 0.25) is 0 Å². The number of nitrogens with zero attached hydrogens (tertiary/aromatic N) is 4. The molecule has 0 amide bonds. The van der Waals surface area contributed by atoms with E-state index < -0.39 is 0 Å². The number of aryl methyl sites for hydroxylation is 3. The molecule has 1 saturated heterocycles. The van der Waals surface area contributed by atoms with Gasteiger partial charge in [0, 0.05) is 34.4 Å². The normalized spacial score (nSPS) is 16.5. The molecule has 4 aromatic rings. The van der Waals surface area contributed by atoms with E-state index in [1.807, 2.05) is 12.3 Å². The Morgan fingerprint density at radius 2 is 2.12 bits per heavy atom. The van der Waals surface area contributed by atoms with Crippen LogP contribution in [0.25, 0.3) is 15.2 Å².